The number of carbonyl (C=O) groups is 2. The molecule has 126 valence electrons. The Morgan fingerprint density at radius 3 is 2.52 bits per heavy atom. The Labute approximate surface area is 136 Å². The van der Waals surface area contributed by atoms with Gasteiger partial charge in [0.05, 0.1) is 7.11 Å². The van der Waals surface area contributed by atoms with Crippen LogP contribution in [0, 0.1) is 0 Å². The molecule has 7 nitrogen and oxygen atoms in total. The van der Waals surface area contributed by atoms with Crippen molar-refractivity contribution in [1.29, 1.82) is 0 Å². The number of methoxy groups -OCH3 is 1. The molecule has 0 spiro atoms. The lowest BCUT2D eigenvalue weighted by Gasteiger charge is -2.36. The Kier molecular flexibility index (Phi) is 4.87. The van der Waals surface area contributed by atoms with Crippen LogP contribution < -0.4 is 0 Å². The molecular formula is C16H23N3O4. The summed E-state index contributed by atoms with van der Waals surface area (Å²) in [6.07, 6.45) is 4.11. The van der Waals surface area contributed by atoms with Gasteiger partial charge in [0.25, 0.3) is 0 Å². The van der Waals surface area contributed by atoms with Crippen molar-refractivity contribution < 1.29 is 19.1 Å². The highest BCUT2D eigenvalue weighted by Crippen LogP contribution is 2.34. The molecule has 1 aliphatic heterocycles. The van der Waals surface area contributed by atoms with E-state index in [0.29, 0.717) is 25.2 Å². The van der Waals surface area contributed by atoms with E-state index in [-0.39, 0.29) is 6.42 Å². The van der Waals surface area contributed by atoms with Gasteiger partial charge in [0.15, 0.2) is 5.54 Å². The molecule has 0 radical (unpaired) electrons. The summed E-state index contributed by atoms with van der Waals surface area (Å²) in [5, 5.41) is 0. The highest BCUT2D eigenvalue weighted by Gasteiger charge is 2.52. The van der Waals surface area contributed by atoms with Gasteiger partial charge in [-0.05, 0) is 39.7 Å². The first-order valence-electron chi connectivity index (χ1n) is 7.63. The molecule has 1 aliphatic rings. The second kappa shape index (κ2) is 6.52. The van der Waals surface area contributed by atoms with Gasteiger partial charge in [0.1, 0.15) is 11.4 Å². The fraction of sp³-hybridized carbons (Fsp3) is 0.625. The van der Waals surface area contributed by atoms with E-state index in [1.165, 1.54) is 12.0 Å². The number of nitrogens with zero attached hydrogens (tertiary/aromatic N) is 3. The molecule has 23 heavy (non-hydrogen) atoms. The van der Waals surface area contributed by atoms with Crippen LogP contribution in [0.2, 0.25) is 0 Å². The number of carbonyl (C=O) groups excluding carboxylic acids is 2. The molecule has 2 rings (SSSR count). The minimum Gasteiger partial charge on any atom is -0.467 e. The third-order valence-corrected chi connectivity index (χ3v) is 3.74. The number of aromatic nitrogens is 2. The van der Waals surface area contributed by atoms with Crippen molar-refractivity contribution in [1.82, 2.24) is 14.9 Å². The molecule has 2 heterocycles. The molecule has 1 fully saturated rings. The van der Waals surface area contributed by atoms with Crippen molar-refractivity contribution in [3.63, 3.8) is 0 Å². The van der Waals surface area contributed by atoms with Crippen LogP contribution >= 0.6 is 0 Å². The SMILES string of the molecule is COC(=O)C1(Cc2ncccn2)CCCN1C(=O)OC(C)(C)C. The average molecular weight is 321 g/mol. The normalized spacial score (nSPS) is 21.1. The van der Waals surface area contributed by atoms with E-state index in [9.17, 15) is 9.59 Å². The van der Waals surface area contributed by atoms with Gasteiger partial charge in [0.2, 0.25) is 0 Å². The Morgan fingerprint density at radius 2 is 1.96 bits per heavy atom. The van der Waals surface area contributed by atoms with Crippen LogP contribution in [0.4, 0.5) is 4.79 Å². The quantitative estimate of drug-likeness (QED) is 0.792. The number of likely N-dealkylation sites (tertiary alicyclic amines) is 1. The van der Waals surface area contributed by atoms with Crippen molar-refractivity contribution in [3.05, 3.63) is 24.3 Å². The van der Waals surface area contributed by atoms with Gasteiger partial charge in [-0.1, -0.05) is 0 Å². The van der Waals surface area contributed by atoms with E-state index < -0.39 is 23.2 Å². The fourth-order valence-electron chi connectivity index (χ4n) is 2.80. The van der Waals surface area contributed by atoms with E-state index in [4.69, 9.17) is 9.47 Å². The molecule has 1 unspecified atom stereocenters. The molecule has 1 saturated heterocycles. The minimum atomic E-state index is -1.11. The van der Waals surface area contributed by atoms with Crippen LogP contribution in [0.3, 0.4) is 0 Å². The summed E-state index contributed by atoms with van der Waals surface area (Å²) in [4.78, 5) is 34.8. The zero-order chi connectivity index (χ0) is 17.1. The lowest BCUT2D eigenvalue weighted by atomic mass is 9.91. The van der Waals surface area contributed by atoms with Crippen molar-refractivity contribution >= 4 is 12.1 Å². The van der Waals surface area contributed by atoms with Gasteiger partial charge in [-0.3, -0.25) is 4.90 Å². The second-order valence-corrected chi connectivity index (χ2v) is 6.60. The van der Waals surface area contributed by atoms with Gasteiger partial charge in [-0.25, -0.2) is 19.6 Å². The summed E-state index contributed by atoms with van der Waals surface area (Å²) < 4.78 is 10.4. The first-order chi connectivity index (χ1) is 10.8. The summed E-state index contributed by atoms with van der Waals surface area (Å²) in [6, 6.07) is 1.70. The maximum absolute atomic E-state index is 12.5. The lowest BCUT2D eigenvalue weighted by molar-refractivity contribution is -0.153. The zero-order valence-electron chi connectivity index (χ0n) is 14.0. The van der Waals surface area contributed by atoms with Crippen LogP contribution in [0.25, 0.3) is 0 Å². The van der Waals surface area contributed by atoms with Gasteiger partial charge < -0.3 is 9.47 Å². The Hall–Kier alpha value is -2.18. The third kappa shape index (κ3) is 3.78. The zero-order valence-corrected chi connectivity index (χ0v) is 14.0. The number of rotatable bonds is 3. The predicted octanol–water partition coefficient (Wildman–Crippen LogP) is 1.96. The van der Waals surface area contributed by atoms with Crippen LogP contribution in [-0.4, -0.2) is 51.7 Å². The average Bonchev–Trinajstić information content (AvgIpc) is 2.90. The van der Waals surface area contributed by atoms with E-state index in [1.807, 2.05) is 0 Å². The smallest absolute Gasteiger partial charge is 0.411 e. The third-order valence-electron chi connectivity index (χ3n) is 3.74. The maximum Gasteiger partial charge on any atom is 0.411 e. The molecule has 1 atom stereocenters. The molecule has 7 heteroatoms. The standard InChI is InChI=1S/C16H23N3O4/c1-15(2,3)23-14(21)19-10-5-7-16(19,13(20)22-4)11-12-17-8-6-9-18-12/h6,8-9H,5,7,10-11H2,1-4H3. The molecule has 0 bridgehead atoms. The summed E-state index contributed by atoms with van der Waals surface area (Å²) in [5.74, 6) is 0.0293. The van der Waals surface area contributed by atoms with E-state index >= 15 is 0 Å². The molecule has 0 aliphatic carbocycles. The number of esters is 1. The van der Waals surface area contributed by atoms with Gasteiger partial charge in [-0.15, -0.1) is 0 Å². The van der Waals surface area contributed by atoms with Crippen LogP contribution in [0.5, 0.6) is 0 Å². The lowest BCUT2D eigenvalue weighted by Crippen LogP contribution is -2.56. The summed E-state index contributed by atoms with van der Waals surface area (Å²) >= 11 is 0. The first-order valence-corrected chi connectivity index (χ1v) is 7.63. The Bertz CT molecular complexity index is 570. The minimum absolute atomic E-state index is 0.208. The predicted molar refractivity (Wildman–Crippen MR) is 82.7 cm³/mol. The highest BCUT2D eigenvalue weighted by atomic mass is 16.6. The van der Waals surface area contributed by atoms with Crippen LogP contribution in [0.15, 0.2) is 18.5 Å². The molecule has 0 saturated carbocycles. The number of amides is 1. The fourth-order valence-corrected chi connectivity index (χ4v) is 2.80. The summed E-state index contributed by atoms with van der Waals surface area (Å²) in [5.41, 5.74) is -1.75. The van der Waals surface area contributed by atoms with E-state index in [1.54, 1.807) is 39.2 Å². The number of hydrogen-bond acceptors (Lipinski definition) is 6. The summed E-state index contributed by atoms with van der Waals surface area (Å²) in [6.45, 7) is 5.82. The summed E-state index contributed by atoms with van der Waals surface area (Å²) in [7, 11) is 1.32. The first kappa shape index (κ1) is 17.2. The van der Waals surface area contributed by atoms with Gasteiger partial charge in [0, 0.05) is 25.4 Å². The molecule has 1 amide bonds. The van der Waals surface area contributed by atoms with Gasteiger partial charge >= 0.3 is 12.1 Å². The van der Waals surface area contributed by atoms with Crippen molar-refractivity contribution in [2.45, 2.75) is 51.2 Å². The largest absolute Gasteiger partial charge is 0.467 e. The van der Waals surface area contributed by atoms with Crippen molar-refractivity contribution in [3.8, 4) is 0 Å². The van der Waals surface area contributed by atoms with Crippen LogP contribution in [0.1, 0.15) is 39.4 Å². The highest BCUT2D eigenvalue weighted by molar-refractivity contribution is 5.86. The molecular weight excluding hydrogens is 298 g/mol. The van der Waals surface area contributed by atoms with E-state index in [0.717, 1.165) is 0 Å². The maximum atomic E-state index is 12.5. The Balaban J connectivity index is 2.32. The van der Waals surface area contributed by atoms with Crippen molar-refractivity contribution in [2.24, 2.45) is 0 Å². The number of hydrogen-bond donors (Lipinski definition) is 0. The van der Waals surface area contributed by atoms with Gasteiger partial charge in [-0.2, -0.15) is 0 Å². The monoisotopic (exact) mass is 321 g/mol. The topological polar surface area (TPSA) is 81.6 Å². The second-order valence-electron chi connectivity index (χ2n) is 6.60. The molecule has 1 aromatic rings. The molecule has 0 aromatic carbocycles. The van der Waals surface area contributed by atoms with E-state index in [2.05, 4.69) is 9.97 Å². The molecule has 1 aromatic heterocycles. The molecule has 0 N–H and O–H groups in total. The van der Waals surface area contributed by atoms with Crippen LogP contribution in [-0.2, 0) is 20.7 Å². The van der Waals surface area contributed by atoms with Crippen molar-refractivity contribution in [2.75, 3.05) is 13.7 Å². The Morgan fingerprint density at radius 1 is 1.30 bits per heavy atom. The number of ether oxygens (including phenoxy) is 2.